The Kier molecular flexibility index (Phi) is 3.31. The molecule has 0 fully saturated rings. The highest BCUT2D eigenvalue weighted by Gasteiger charge is 2.15. The molecule has 24 heavy (non-hydrogen) atoms. The lowest BCUT2D eigenvalue weighted by atomic mass is 10.0. The van der Waals surface area contributed by atoms with Gasteiger partial charge in [0.25, 0.3) is 5.69 Å². The average molecular weight is 315 g/mol. The van der Waals surface area contributed by atoms with Gasteiger partial charge in [-0.1, -0.05) is 36.4 Å². The first-order valence-corrected chi connectivity index (χ1v) is 7.51. The standard InChI is InChI=1S/C19H13N3O2/c23-22(24)19-9-5-4-8-17(19)14-10-11-18-15(12-14)13-21(20-18)16-6-2-1-3-7-16/h1-13H. The maximum atomic E-state index is 11.2. The van der Waals surface area contributed by atoms with Crippen molar-refractivity contribution >= 4 is 16.6 Å². The Bertz CT molecular complexity index is 1040. The van der Waals surface area contributed by atoms with E-state index in [9.17, 15) is 10.1 Å². The van der Waals surface area contributed by atoms with Crippen LogP contribution in [-0.2, 0) is 0 Å². The van der Waals surface area contributed by atoms with Crippen LogP contribution in [0.3, 0.4) is 0 Å². The summed E-state index contributed by atoms with van der Waals surface area (Å²) in [5, 5.41) is 16.7. The molecule has 0 saturated carbocycles. The average Bonchev–Trinajstić information content (AvgIpc) is 3.05. The van der Waals surface area contributed by atoms with Crippen LogP contribution >= 0.6 is 0 Å². The number of rotatable bonds is 3. The largest absolute Gasteiger partial charge is 0.277 e. The van der Waals surface area contributed by atoms with Gasteiger partial charge in [-0.05, 0) is 35.9 Å². The van der Waals surface area contributed by atoms with Crippen LogP contribution in [0.5, 0.6) is 0 Å². The lowest BCUT2D eigenvalue weighted by Gasteiger charge is -2.02. The molecule has 5 heteroatoms. The van der Waals surface area contributed by atoms with Crippen LogP contribution in [0.15, 0.2) is 79.0 Å². The predicted molar refractivity (Wildman–Crippen MR) is 93.2 cm³/mol. The van der Waals surface area contributed by atoms with Crippen molar-refractivity contribution in [1.29, 1.82) is 0 Å². The van der Waals surface area contributed by atoms with Crippen molar-refractivity contribution in [3.05, 3.63) is 89.1 Å². The molecular weight excluding hydrogens is 302 g/mol. The van der Waals surface area contributed by atoms with E-state index in [1.807, 2.05) is 59.4 Å². The molecule has 0 aliphatic carbocycles. The van der Waals surface area contributed by atoms with Gasteiger partial charge in [0.15, 0.2) is 0 Å². The maximum Gasteiger partial charge on any atom is 0.277 e. The van der Waals surface area contributed by atoms with E-state index < -0.39 is 0 Å². The minimum atomic E-state index is -0.354. The summed E-state index contributed by atoms with van der Waals surface area (Å²) < 4.78 is 1.81. The van der Waals surface area contributed by atoms with Gasteiger partial charge in [0.1, 0.15) is 0 Å². The van der Waals surface area contributed by atoms with Crippen LogP contribution in [0.4, 0.5) is 5.69 Å². The third kappa shape index (κ3) is 2.42. The zero-order valence-electron chi connectivity index (χ0n) is 12.7. The molecule has 5 nitrogen and oxygen atoms in total. The molecule has 0 aliphatic heterocycles. The van der Waals surface area contributed by atoms with Crippen LogP contribution in [0.25, 0.3) is 27.7 Å². The summed E-state index contributed by atoms with van der Waals surface area (Å²) >= 11 is 0. The molecule has 1 aromatic heterocycles. The van der Waals surface area contributed by atoms with E-state index in [0.717, 1.165) is 22.2 Å². The number of nitro groups is 1. The Morgan fingerprint density at radius 2 is 1.67 bits per heavy atom. The van der Waals surface area contributed by atoms with E-state index in [1.165, 1.54) is 6.07 Å². The van der Waals surface area contributed by atoms with Gasteiger partial charge in [-0.3, -0.25) is 10.1 Å². The Morgan fingerprint density at radius 1 is 0.917 bits per heavy atom. The van der Waals surface area contributed by atoms with E-state index >= 15 is 0 Å². The van der Waals surface area contributed by atoms with Crippen LogP contribution in [-0.4, -0.2) is 14.7 Å². The third-order valence-corrected chi connectivity index (χ3v) is 3.94. The van der Waals surface area contributed by atoms with Crippen LogP contribution in [0.2, 0.25) is 0 Å². The Balaban J connectivity index is 1.84. The molecule has 4 rings (SSSR count). The van der Waals surface area contributed by atoms with Crippen LogP contribution in [0.1, 0.15) is 0 Å². The molecule has 0 N–H and O–H groups in total. The zero-order valence-corrected chi connectivity index (χ0v) is 12.7. The number of fused-ring (bicyclic) bond motifs is 1. The quantitative estimate of drug-likeness (QED) is 0.410. The minimum absolute atomic E-state index is 0.104. The van der Waals surface area contributed by atoms with Crippen molar-refractivity contribution in [2.24, 2.45) is 0 Å². The third-order valence-electron chi connectivity index (χ3n) is 3.94. The molecule has 0 aliphatic rings. The number of hydrogen-bond acceptors (Lipinski definition) is 3. The lowest BCUT2D eigenvalue weighted by Crippen LogP contribution is -1.92. The monoisotopic (exact) mass is 315 g/mol. The molecule has 3 aromatic carbocycles. The Morgan fingerprint density at radius 3 is 2.46 bits per heavy atom. The number of aromatic nitrogens is 2. The number of hydrogen-bond donors (Lipinski definition) is 0. The highest BCUT2D eigenvalue weighted by molar-refractivity contribution is 5.86. The number of nitro benzene ring substituents is 1. The van der Waals surface area contributed by atoms with Gasteiger partial charge in [0.05, 0.1) is 21.7 Å². The molecular formula is C19H13N3O2. The fourth-order valence-corrected chi connectivity index (χ4v) is 2.78. The summed E-state index contributed by atoms with van der Waals surface area (Å²) in [6.07, 6.45) is 1.93. The van der Waals surface area contributed by atoms with Crippen molar-refractivity contribution in [1.82, 2.24) is 9.78 Å². The normalized spacial score (nSPS) is 10.8. The fourth-order valence-electron chi connectivity index (χ4n) is 2.78. The number of para-hydroxylation sites is 2. The van der Waals surface area contributed by atoms with E-state index in [0.29, 0.717) is 5.56 Å². The summed E-state index contributed by atoms with van der Waals surface area (Å²) in [7, 11) is 0. The molecule has 0 bridgehead atoms. The first kappa shape index (κ1) is 14.1. The van der Waals surface area contributed by atoms with Crippen molar-refractivity contribution in [3.8, 4) is 16.8 Å². The minimum Gasteiger partial charge on any atom is -0.258 e. The first-order valence-electron chi connectivity index (χ1n) is 7.51. The van der Waals surface area contributed by atoms with Gasteiger partial charge in [-0.15, -0.1) is 0 Å². The van der Waals surface area contributed by atoms with Crippen molar-refractivity contribution in [3.63, 3.8) is 0 Å². The number of nitrogens with zero attached hydrogens (tertiary/aromatic N) is 3. The van der Waals surface area contributed by atoms with E-state index in [4.69, 9.17) is 0 Å². The molecule has 4 aromatic rings. The molecule has 116 valence electrons. The van der Waals surface area contributed by atoms with Gasteiger partial charge < -0.3 is 0 Å². The first-order chi connectivity index (χ1) is 11.7. The van der Waals surface area contributed by atoms with E-state index in [1.54, 1.807) is 18.2 Å². The second kappa shape index (κ2) is 5.62. The lowest BCUT2D eigenvalue weighted by molar-refractivity contribution is -0.384. The molecule has 0 amide bonds. The van der Waals surface area contributed by atoms with Crippen molar-refractivity contribution < 1.29 is 4.92 Å². The SMILES string of the molecule is O=[N+]([O-])c1ccccc1-c1ccc2nn(-c3ccccc3)cc2c1. The summed E-state index contributed by atoms with van der Waals surface area (Å²) in [5.74, 6) is 0. The highest BCUT2D eigenvalue weighted by Crippen LogP contribution is 2.31. The summed E-state index contributed by atoms with van der Waals surface area (Å²) in [6, 6.07) is 22.3. The summed E-state index contributed by atoms with van der Waals surface area (Å²) in [4.78, 5) is 10.9. The molecule has 1 heterocycles. The fraction of sp³-hybridized carbons (Fsp3) is 0. The topological polar surface area (TPSA) is 61.0 Å². The van der Waals surface area contributed by atoms with Crippen LogP contribution < -0.4 is 0 Å². The van der Waals surface area contributed by atoms with E-state index in [2.05, 4.69) is 5.10 Å². The van der Waals surface area contributed by atoms with E-state index in [-0.39, 0.29) is 10.6 Å². The summed E-state index contributed by atoms with van der Waals surface area (Å²) in [5.41, 5.74) is 3.34. The second-order valence-corrected chi connectivity index (χ2v) is 5.46. The molecule has 0 unspecified atom stereocenters. The summed E-state index contributed by atoms with van der Waals surface area (Å²) in [6.45, 7) is 0. The highest BCUT2D eigenvalue weighted by atomic mass is 16.6. The van der Waals surface area contributed by atoms with Crippen molar-refractivity contribution in [2.45, 2.75) is 0 Å². The molecule has 0 atom stereocenters. The van der Waals surface area contributed by atoms with Gasteiger partial charge >= 0.3 is 0 Å². The van der Waals surface area contributed by atoms with Gasteiger partial charge in [-0.25, -0.2) is 4.68 Å². The van der Waals surface area contributed by atoms with Gasteiger partial charge in [-0.2, -0.15) is 5.10 Å². The van der Waals surface area contributed by atoms with Crippen LogP contribution in [0, 0.1) is 10.1 Å². The Hall–Kier alpha value is -3.47. The zero-order chi connectivity index (χ0) is 16.5. The van der Waals surface area contributed by atoms with Crippen molar-refractivity contribution in [2.75, 3.05) is 0 Å². The molecule has 0 radical (unpaired) electrons. The van der Waals surface area contributed by atoms with Gasteiger partial charge in [0.2, 0.25) is 0 Å². The second-order valence-electron chi connectivity index (χ2n) is 5.46. The molecule has 0 saturated heterocycles. The molecule has 0 spiro atoms. The maximum absolute atomic E-state index is 11.2. The predicted octanol–water partition coefficient (Wildman–Crippen LogP) is 4.60. The smallest absolute Gasteiger partial charge is 0.258 e. The Labute approximate surface area is 137 Å². The number of benzene rings is 3. The van der Waals surface area contributed by atoms with Gasteiger partial charge in [0, 0.05) is 17.6 Å².